The van der Waals surface area contributed by atoms with Gasteiger partial charge in [-0.1, -0.05) is 0 Å². The number of hydrogen-bond donors (Lipinski definition) is 1. The average Bonchev–Trinajstić information content (AvgIpc) is 2.73. The molecule has 1 aromatic heterocycles. The third-order valence-corrected chi connectivity index (χ3v) is 5.47. The van der Waals surface area contributed by atoms with Crippen LogP contribution in [0.2, 0.25) is 0 Å². The zero-order valence-corrected chi connectivity index (χ0v) is 11.2. The molecule has 3 rings (SSSR count). The van der Waals surface area contributed by atoms with Crippen molar-refractivity contribution in [1.29, 1.82) is 0 Å². The molecule has 16 heavy (non-hydrogen) atoms. The molecule has 1 spiro atoms. The highest BCUT2D eigenvalue weighted by molar-refractivity contribution is 7.10. The minimum Gasteiger partial charge on any atom is -0.305 e. The number of hydrogen-bond acceptors (Lipinski definition) is 3. The van der Waals surface area contributed by atoms with E-state index in [2.05, 4.69) is 42.6 Å². The normalized spacial score (nSPS) is 33.2. The quantitative estimate of drug-likeness (QED) is 0.743. The number of thiophene rings is 1. The van der Waals surface area contributed by atoms with Crippen molar-refractivity contribution in [3.63, 3.8) is 0 Å². The summed E-state index contributed by atoms with van der Waals surface area (Å²) in [5.41, 5.74) is 2.13. The molecule has 2 nitrogen and oxygen atoms in total. The second-order valence-corrected chi connectivity index (χ2v) is 6.80. The van der Waals surface area contributed by atoms with Crippen molar-refractivity contribution in [2.45, 2.75) is 37.8 Å². The molecule has 1 N–H and O–H groups in total. The summed E-state index contributed by atoms with van der Waals surface area (Å²) in [5.74, 6) is 0. The van der Waals surface area contributed by atoms with Gasteiger partial charge >= 0.3 is 0 Å². The Balaban J connectivity index is 2.04. The Morgan fingerprint density at radius 1 is 1.44 bits per heavy atom. The van der Waals surface area contributed by atoms with Gasteiger partial charge in [0.15, 0.2) is 0 Å². The van der Waals surface area contributed by atoms with Crippen LogP contribution in [0.4, 0.5) is 0 Å². The summed E-state index contributed by atoms with van der Waals surface area (Å²) in [7, 11) is 2.25. The highest BCUT2D eigenvalue weighted by Gasteiger charge is 2.49. The van der Waals surface area contributed by atoms with Crippen LogP contribution in [-0.4, -0.2) is 30.6 Å². The fourth-order valence-electron chi connectivity index (χ4n) is 3.29. The third kappa shape index (κ3) is 1.38. The van der Waals surface area contributed by atoms with E-state index in [-0.39, 0.29) is 5.54 Å². The van der Waals surface area contributed by atoms with Gasteiger partial charge in [0.25, 0.3) is 0 Å². The first-order valence-electron chi connectivity index (χ1n) is 6.07. The van der Waals surface area contributed by atoms with Gasteiger partial charge in [-0.25, -0.2) is 0 Å². The monoisotopic (exact) mass is 236 g/mol. The number of rotatable bonds is 0. The van der Waals surface area contributed by atoms with E-state index < -0.39 is 0 Å². The summed E-state index contributed by atoms with van der Waals surface area (Å²) in [6.07, 6.45) is 2.43. The Hall–Kier alpha value is -0.380. The molecule has 88 valence electrons. The van der Waals surface area contributed by atoms with Crippen molar-refractivity contribution in [3.05, 3.63) is 21.9 Å². The highest BCUT2D eigenvalue weighted by Crippen LogP contribution is 2.45. The maximum absolute atomic E-state index is 3.79. The van der Waals surface area contributed by atoms with E-state index in [1.54, 1.807) is 10.4 Å². The van der Waals surface area contributed by atoms with Crippen LogP contribution in [-0.2, 0) is 12.0 Å². The molecule has 0 aliphatic carbocycles. The lowest BCUT2D eigenvalue weighted by atomic mass is 9.84. The largest absolute Gasteiger partial charge is 0.305 e. The van der Waals surface area contributed by atoms with Crippen LogP contribution >= 0.6 is 11.3 Å². The van der Waals surface area contributed by atoms with Crippen LogP contribution in [0.3, 0.4) is 0 Å². The standard InChI is InChI=1S/C13H20N2S/c1-12(2)8-13(9-15(12)3)11-10(4-6-14-13)5-7-16-11/h5,7,14H,4,6,8-9H2,1-3H3. The average molecular weight is 236 g/mol. The Morgan fingerprint density at radius 2 is 2.25 bits per heavy atom. The Morgan fingerprint density at radius 3 is 2.94 bits per heavy atom. The first-order chi connectivity index (χ1) is 7.54. The van der Waals surface area contributed by atoms with Crippen LogP contribution < -0.4 is 5.32 Å². The van der Waals surface area contributed by atoms with Crippen LogP contribution in [0.25, 0.3) is 0 Å². The minimum absolute atomic E-state index is 0.236. The summed E-state index contributed by atoms with van der Waals surface area (Å²) >= 11 is 1.94. The summed E-state index contributed by atoms with van der Waals surface area (Å²) in [4.78, 5) is 4.09. The molecule has 0 radical (unpaired) electrons. The molecule has 3 heteroatoms. The number of nitrogens with zero attached hydrogens (tertiary/aromatic N) is 1. The van der Waals surface area contributed by atoms with Crippen molar-refractivity contribution in [1.82, 2.24) is 10.2 Å². The van der Waals surface area contributed by atoms with Gasteiger partial charge in [-0.2, -0.15) is 0 Å². The van der Waals surface area contributed by atoms with E-state index in [9.17, 15) is 0 Å². The molecule has 1 aromatic rings. The molecular weight excluding hydrogens is 216 g/mol. The molecule has 1 unspecified atom stereocenters. The van der Waals surface area contributed by atoms with Gasteiger partial charge < -0.3 is 5.32 Å². The second kappa shape index (κ2) is 3.31. The summed E-state index contributed by atoms with van der Waals surface area (Å²) in [5, 5.41) is 6.05. The van der Waals surface area contributed by atoms with Gasteiger partial charge in [-0.3, -0.25) is 4.90 Å². The maximum Gasteiger partial charge on any atom is 0.0677 e. The van der Waals surface area contributed by atoms with Gasteiger partial charge in [0.1, 0.15) is 0 Å². The minimum atomic E-state index is 0.236. The smallest absolute Gasteiger partial charge is 0.0677 e. The van der Waals surface area contributed by atoms with E-state index in [4.69, 9.17) is 0 Å². The number of likely N-dealkylation sites (tertiary alicyclic amines) is 1. The van der Waals surface area contributed by atoms with E-state index >= 15 is 0 Å². The third-order valence-electron chi connectivity index (χ3n) is 4.31. The van der Waals surface area contributed by atoms with Crippen molar-refractivity contribution < 1.29 is 0 Å². The first kappa shape index (κ1) is 10.8. The van der Waals surface area contributed by atoms with Gasteiger partial charge in [0, 0.05) is 23.5 Å². The molecular formula is C13H20N2S. The molecule has 3 heterocycles. The number of nitrogens with one attached hydrogen (secondary N) is 1. The van der Waals surface area contributed by atoms with E-state index in [0.717, 1.165) is 13.1 Å². The molecule has 0 bridgehead atoms. The van der Waals surface area contributed by atoms with Crippen molar-refractivity contribution in [3.8, 4) is 0 Å². The predicted octanol–water partition coefficient (Wildman–Crippen LogP) is 2.20. The molecule has 0 amide bonds. The van der Waals surface area contributed by atoms with Crippen molar-refractivity contribution in [2.24, 2.45) is 0 Å². The molecule has 1 saturated heterocycles. The lowest BCUT2D eigenvalue weighted by molar-refractivity contribution is 0.217. The lowest BCUT2D eigenvalue weighted by Crippen LogP contribution is -2.48. The van der Waals surface area contributed by atoms with E-state index in [1.165, 1.54) is 12.8 Å². The van der Waals surface area contributed by atoms with Crippen LogP contribution in [0.1, 0.15) is 30.7 Å². The molecule has 1 atom stereocenters. The number of likely N-dealkylation sites (N-methyl/N-ethyl adjacent to an activating group) is 1. The van der Waals surface area contributed by atoms with Crippen molar-refractivity contribution in [2.75, 3.05) is 20.1 Å². The maximum atomic E-state index is 3.79. The summed E-state index contributed by atoms with van der Waals surface area (Å²) < 4.78 is 0. The van der Waals surface area contributed by atoms with E-state index in [1.807, 2.05) is 11.3 Å². The zero-order chi connectivity index (χ0) is 11.4. The number of fused-ring (bicyclic) bond motifs is 2. The van der Waals surface area contributed by atoms with Gasteiger partial charge in [-0.05, 0) is 50.7 Å². The SMILES string of the molecule is CN1CC2(CC1(C)C)NCCc1ccsc12. The molecule has 2 aliphatic heterocycles. The fraction of sp³-hybridized carbons (Fsp3) is 0.692. The van der Waals surface area contributed by atoms with Gasteiger partial charge in [-0.15, -0.1) is 11.3 Å². The van der Waals surface area contributed by atoms with Gasteiger partial charge in [0.2, 0.25) is 0 Å². The molecule has 0 aromatic carbocycles. The Labute approximate surface area is 102 Å². The highest BCUT2D eigenvalue weighted by atomic mass is 32.1. The van der Waals surface area contributed by atoms with Crippen molar-refractivity contribution >= 4 is 11.3 Å². The van der Waals surface area contributed by atoms with E-state index in [0.29, 0.717) is 5.54 Å². The summed E-state index contributed by atoms with van der Waals surface area (Å²) in [6.45, 7) is 6.98. The van der Waals surface area contributed by atoms with Gasteiger partial charge in [0.05, 0.1) is 5.54 Å². The zero-order valence-electron chi connectivity index (χ0n) is 10.3. The molecule has 2 aliphatic rings. The van der Waals surface area contributed by atoms with Crippen LogP contribution in [0.5, 0.6) is 0 Å². The Kier molecular flexibility index (Phi) is 2.23. The predicted molar refractivity (Wildman–Crippen MR) is 69.0 cm³/mol. The molecule has 1 fully saturated rings. The fourth-order valence-corrected chi connectivity index (χ4v) is 4.41. The molecule has 0 saturated carbocycles. The van der Waals surface area contributed by atoms with Crippen LogP contribution in [0.15, 0.2) is 11.4 Å². The Bertz CT molecular complexity index is 410. The lowest BCUT2D eigenvalue weighted by Gasteiger charge is -2.35. The van der Waals surface area contributed by atoms with Crippen LogP contribution in [0, 0.1) is 0 Å². The summed E-state index contributed by atoms with van der Waals surface area (Å²) in [6, 6.07) is 2.31. The topological polar surface area (TPSA) is 15.3 Å². The second-order valence-electron chi connectivity index (χ2n) is 5.88. The first-order valence-corrected chi connectivity index (χ1v) is 6.95.